The van der Waals surface area contributed by atoms with Crippen LogP contribution in [-0.4, -0.2) is 6.54 Å². The van der Waals surface area contributed by atoms with E-state index in [-0.39, 0.29) is 0 Å². The molecule has 14 heavy (non-hydrogen) atoms. The van der Waals surface area contributed by atoms with Crippen LogP contribution in [0, 0.1) is 22.7 Å². The number of nitrogens with zero attached hydrogens (tertiary/aromatic N) is 2. The van der Waals surface area contributed by atoms with Gasteiger partial charge in [-0.15, -0.1) is 6.58 Å². The highest BCUT2D eigenvalue weighted by molar-refractivity contribution is 5.56. The Balaban J connectivity index is 2.98. The Morgan fingerprint density at radius 3 is 2.57 bits per heavy atom. The number of benzene rings is 1. The topological polar surface area (TPSA) is 59.6 Å². The first-order chi connectivity index (χ1) is 6.81. The molecule has 0 spiro atoms. The molecule has 0 aliphatic rings. The lowest BCUT2D eigenvalue weighted by Gasteiger charge is -2.03. The van der Waals surface area contributed by atoms with Crippen LogP contribution in [0.25, 0.3) is 0 Å². The van der Waals surface area contributed by atoms with E-state index in [4.69, 9.17) is 10.5 Å². The third kappa shape index (κ3) is 2.12. The van der Waals surface area contributed by atoms with Crippen molar-refractivity contribution in [1.82, 2.24) is 0 Å². The quantitative estimate of drug-likeness (QED) is 0.729. The van der Waals surface area contributed by atoms with E-state index in [0.29, 0.717) is 17.7 Å². The molecule has 0 aromatic heterocycles. The van der Waals surface area contributed by atoms with Crippen LogP contribution in [0.4, 0.5) is 5.69 Å². The summed E-state index contributed by atoms with van der Waals surface area (Å²) in [5, 5.41) is 20.5. The van der Waals surface area contributed by atoms with Crippen LogP contribution in [0.5, 0.6) is 0 Å². The molecule has 0 unspecified atom stereocenters. The highest BCUT2D eigenvalue weighted by Crippen LogP contribution is 2.14. The fourth-order valence-electron chi connectivity index (χ4n) is 1.03. The van der Waals surface area contributed by atoms with Gasteiger partial charge in [0.1, 0.15) is 12.1 Å². The van der Waals surface area contributed by atoms with Crippen molar-refractivity contribution in [3.05, 3.63) is 42.0 Å². The highest BCUT2D eigenvalue weighted by atomic mass is 14.8. The molecule has 68 valence electrons. The molecule has 0 fully saturated rings. The number of rotatable bonds is 3. The minimum Gasteiger partial charge on any atom is -0.382 e. The molecule has 3 heteroatoms. The van der Waals surface area contributed by atoms with Crippen LogP contribution in [0.15, 0.2) is 30.9 Å². The van der Waals surface area contributed by atoms with Crippen LogP contribution in [0.3, 0.4) is 0 Å². The van der Waals surface area contributed by atoms with Crippen molar-refractivity contribution >= 4 is 5.69 Å². The summed E-state index contributed by atoms with van der Waals surface area (Å²) < 4.78 is 0. The third-order valence-corrected chi connectivity index (χ3v) is 1.71. The van der Waals surface area contributed by atoms with Crippen molar-refractivity contribution in [3.63, 3.8) is 0 Å². The third-order valence-electron chi connectivity index (χ3n) is 1.71. The monoisotopic (exact) mass is 183 g/mol. The van der Waals surface area contributed by atoms with E-state index in [1.54, 1.807) is 24.3 Å². The number of hydrogen-bond acceptors (Lipinski definition) is 3. The van der Waals surface area contributed by atoms with E-state index < -0.39 is 0 Å². The fourth-order valence-corrected chi connectivity index (χ4v) is 1.03. The highest BCUT2D eigenvalue weighted by Gasteiger charge is 2.01. The molecule has 0 heterocycles. The van der Waals surface area contributed by atoms with Gasteiger partial charge in [-0.25, -0.2) is 0 Å². The molecule has 1 rings (SSSR count). The van der Waals surface area contributed by atoms with Gasteiger partial charge in [0.05, 0.1) is 11.1 Å². The summed E-state index contributed by atoms with van der Waals surface area (Å²) in [7, 11) is 0. The SMILES string of the molecule is C=CCNc1ccc(C#N)c(C#N)c1. The second kappa shape index (κ2) is 4.69. The van der Waals surface area contributed by atoms with Crippen LogP contribution < -0.4 is 5.32 Å². The van der Waals surface area contributed by atoms with Gasteiger partial charge in [0.2, 0.25) is 0 Å². The maximum atomic E-state index is 8.75. The smallest absolute Gasteiger partial charge is 0.101 e. The van der Waals surface area contributed by atoms with Crippen LogP contribution in [0.2, 0.25) is 0 Å². The minimum absolute atomic E-state index is 0.390. The normalized spacial score (nSPS) is 8.43. The Bertz CT molecular complexity index is 421. The van der Waals surface area contributed by atoms with Crippen LogP contribution in [-0.2, 0) is 0 Å². The Morgan fingerprint density at radius 2 is 2.00 bits per heavy atom. The summed E-state index contributed by atoms with van der Waals surface area (Å²) in [4.78, 5) is 0. The molecule has 0 aliphatic carbocycles. The number of nitriles is 2. The van der Waals surface area contributed by atoms with Crippen molar-refractivity contribution in [3.8, 4) is 12.1 Å². The molecule has 0 saturated carbocycles. The standard InChI is InChI=1S/C11H9N3/c1-2-5-14-11-4-3-9(7-12)10(6-11)8-13/h2-4,6,14H,1,5H2. The van der Waals surface area contributed by atoms with E-state index in [0.717, 1.165) is 5.69 Å². The number of nitrogens with one attached hydrogen (secondary N) is 1. The van der Waals surface area contributed by atoms with Crippen molar-refractivity contribution in [2.45, 2.75) is 0 Å². The van der Waals surface area contributed by atoms with Crippen molar-refractivity contribution in [1.29, 1.82) is 10.5 Å². The Kier molecular flexibility index (Phi) is 3.29. The predicted molar refractivity (Wildman–Crippen MR) is 54.6 cm³/mol. The first-order valence-electron chi connectivity index (χ1n) is 4.11. The molecule has 0 atom stereocenters. The van der Waals surface area contributed by atoms with Gasteiger partial charge < -0.3 is 5.32 Å². The summed E-state index contributed by atoms with van der Waals surface area (Å²) in [5.41, 5.74) is 1.61. The summed E-state index contributed by atoms with van der Waals surface area (Å²) in [6, 6.07) is 8.98. The summed E-state index contributed by atoms with van der Waals surface area (Å²) in [6.07, 6.45) is 1.73. The Labute approximate surface area is 82.9 Å². The Morgan fingerprint density at radius 1 is 1.29 bits per heavy atom. The van der Waals surface area contributed by atoms with Gasteiger partial charge in [-0.3, -0.25) is 0 Å². The number of hydrogen-bond donors (Lipinski definition) is 1. The summed E-state index contributed by atoms with van der Waals surface area (Å²) >= 11 is 0. The van der Waals surface area contributed by atoms with E-state index in [2.05, 4.69) is 11.9 Å². The lowest BCUT2D eigenvalue weighted by Crippen LogP contribution is -1.98. The molecule has 1 N–H and O–H groups in total. The molecule has 0 amide bonds. The lowest BCUT2D eigenvalue weighted by molar-refractivity contribution is 1.33. The average molecular weight is 183 g/mol. The maximum absolute atomic E-state index is 8.75. The molecule has 0 radical (unpaired) electrons. The number of anilines is 1. The first kappa shape index (κ1) is 9.83. The van der Waals surface area contributed by atoms with Gasteiger partial charge in [0.15, 0.2) is 0 Å². The molecule has 0 bridgehead atoms. The minimum atomic E-state index is 0.390. The predicted octanol–water partition coefficient (Wildman–Crippen LogP) is 2.03. The average Bonchev–Trinajstić information content (AvgIpc) is 2.25. The maximum Gasteiger partial charge on any atom is 0.101 e. The molecule has 0 saturated heterocycles. The van der Waals surface area contributed by atoms with Gasteiger partial charge in [-0.2, -0.15) is 10.5 Å². The second-order valence-electron chi connectivity index (χ2n) is 2.65. The van der Waals surface area contributed by atoms with Gasteiger partial charge in [-0.1, -0.05) is 6.08 Å². The van der Waals surface area contributed by atoms with Gasteiger partial charge in [0.25, 0.3) is 0 Å². The van der Waals surface area contributed by atoms with Crippen molar-refractivity contribution < 1.29 is 0 Å². The van der Waals surface area contributed by atoms with E-state index >= 15 is 0 Å². The zero-order valence-electron chi connectivity index (χ0n) is 7.62. The van der Waals surface area contributed by atoms with Crippen molar-refractivity contribution in [2.75, 3.05) is 11.9 Å². The molecule has 1 aromatic rings. The van der Waals surface area contributed by atoms with Gasteiger partial charge >= 0.3 is 0 Å². The first-order valence-corrected chi connectivity index (χ1v) is 4.11. The summed E-state index contributed by atoms with van der Waals surface area (Å²) in [6.45, 7) is 4.21. The molecule has 1 aromatic carbocycles. The zero-order chi connectivity index (χ0) is 10.4. The van der Waals surface area contributed by atoms with E-state index in [9.17, 15) is 0 Å². The largest absolute Gasteiger partial charge is 0.382 e. The molecule has 0 aliphatic heterocycles. The van der Waals surface area contributed by atoms with E-state index in [1.165, 1.54) is 0 Å². The zero-order valence-corrected chi connectivity index (χ0v) is 7.62. The van der Waals surface area contributed by atoms with Gasteiger partial charge in [-0.05, 0) is 18.2 Å². The fraction of sp³-hybridized carbons (Fsp3) is 0.0909. The second-order valence-corrected chi connectivity index (χ2v) is 2.65. The molecular weight excluding hydrogens is 174 g/mol. The van der Waals surface area contributed by atoms with E-state index in [1.807, 2.05) is 12.1 Å². The van der Waals surface area contributed by atoms with Gasteiger partial charge in [0, 0.05) is 12.2 Å². The van der Waals surface area contributed by atoms with Crippen LogP contribution in [0.1, 0.15) is 11.1 Å². The summed E-state index contributed by atoms with van der Waals surface area (Å²) in [5.74, 6) is 0. The Hall–Kier alpha value is -2.26. The molecule has 3 nitrogen and oxygen atoms in total. The molecular formula is C11H9N3. The van der Waals surface area contributed by atoms with Crippen molar-refractivity contribution in [2.24, 2.45) is 0 Å². The van der Waals surface area contributed by atoms with Crippen LogP contribution >= 0.6 is 0 Å². The lowest BCUT2D eigenvalue weighted by atomic mass is 10.1.